The van der Waals surface area contributed by atoms with E-state index in [-0.39, 0.29) is 30.5 Å². The van der Waals surface area contributed by atoms with Crippen LogP contribution in [0.5, 0.6) is 0 Å². The van der Waals surface area contributed by atoms with E-state index >= 15 is 0 Å². The summed E-state index contributed by atoms with van der Waals surface area (Å²) in [5.74, 6) is -0.0451. The zero-order valence-corrected chi connectivity index (χ0v) is 14.1. The number of non-ortho nitro benzene ring substituents is 1. The van der Waals surface area contributed by atoms with Gasteiger partial charge in [-0.15, -0.1) is 0 Å². The standard InChI is InChI=1S/C18H14N6O3/c19-9-10-23(15-6-2-1-3-7-15)17(25)12-22-13-20-18(21-22)14-5-4-8-16(11-14)24(26)27/h1-8,11,13H,10,12H2. The summed E-state index contributed by atoms with van der Waals surface area (Å²) in [4.78, 5) is 28.4. The Morgan fingerprint density at radius 3 is 2.70 bits per heavy atom. The van der Waals surface area contributed by atoms with E-state index in [4.69, 9.17) is 5.26 Å². The molecule has 0 saturated carbocycles. The number of aromatic nitrogens is 3. The van der Waals surface area contributed by atoms with Crippen molar-refractivity contribution in [3.05, 3.63) is 71.0 Å². The van der Waals surface area contributed by atoms with Crippen molar-refractivity contribution in [2.24, 2.45) is 0 Å². The number of carbonyl (C=O) groups excluding carboxylic acids is 1. The second kappa shape index (κ2) is 7.88. The highest BCUT2D eigenvalue weighted by Crippen LogP contribution is 2.20. The van der Waals surface area contributed by atoms with E-state index in [1.165, 1.54) is 28.0 Å². The Bertz CT molecular complexity index is 1010. The summed E-state index contributed by atoms with van der Waals surface area (Å²) < 4.78 is 1.34. The van der Waals surface area contributed by atoms with Crippen molar-refractivity contribution in [3.63, 3.8) is 0 Å². The molecule has 0 aliphatic rings. The highest BCUT2D eigenvalue weighted by atomic mass is 16.6. The Morgan fingerprint density at radius 1 is 1.22 bits per heavy atom. The second-order valence-corrected chi connectivity index (χ2v) is 5.55. The van der Waals surface area contributed by atoms with Crippen molar-refractivity contribution in [2.45, 2.75) is 6.54 Å². The molecule has 0 aliphatic heterocycles. The lowest BCUT2D eigenvalue weighted by Crippen LogP contribution is -2.34. The number of nitriles is 1. The van der Waals surface area contributed by atoms with Crippen LogP contribution in [0.3, 0.4) is 0 Å². The molecule has 0 fully saturated rings. The first kappa shape index (κ1) is 17.8. The highest BCUT2D eigenvalue weighted by Gasteiger charge is 2.17. The Morgan fingerprint density at radius 2 is 2.00 bits per heavy atom. The van der Waals surface area contributed by atoms with Gasteiger partial charge in [-0.05, 0) is 12.1 Å². The molecule has 3 aromatic rings. The number of hydrogen-bond donors (Lipinski definition) is 0. The molecule has 1 heterocycles. The van der Waals surface area contributed by atoms with Gasteiger partial charge in [0.15, 0.2) is 5.82 Å². The summed E-state index contributed by atoms with van der Waals surface area (Å²) >= 11 is 0. The normalized spacial score (nSPS) is 10.2. The van der Waals surface area contributed by atoms with Gasteiger partial charge in [0.05, 0.1) is 11.0 Å². The summed E-state index contributed by atoms with van der Waals surface area (Å²) in [7, 11) is 0. The lowest BCUT2D eigenvalue weighted by Gasteiger charge is -2.19. The predicted octanol–water partition coefficient (Wildman–Crippen LogP) is 2.41. The van der Waals surface area contributed by atoms with Gasteiger partial charge in [-0.2, -0.15) is 10.4 Å². The molecule has 0 aliphatic carbocycles. The second-order valence-electron chi connectivity index (χ2n) is 5.55. The number of amides is 1. The third kappa shape index (κ3) is 4.13. The van der Waals surface area contributed by atoms with Gasteiger partial charge < -0.3 is 0 Å². The average molecular weight is 362 g/mol. The van der Waals surface area contributed by atoms with E-state index in [1.807, 2.05) is 12.1 Å². The largest absolute Gasteiger partial charge is 0.297 e. The molecule has 0 N–H and O–H groups in total. The molecule has 3 rings (SSSR count). The smallest absolute Gasteiger partial charge is 0.270 e. The minimum absolute atomic E-state index is 0.0656. The van der Waals surface area contributed by atoms with E-state index in [2.05, 4.69) is 10.1 Å². The summed E-state index contributed by atoms with van der Waals surface area (Å²) in [6, 6.07) is 16.8. The maximum Gasteiger partial charge on any atom is 0.270 e. The molecule has 0 bridgehead atoms. The number of para-hydroxylation sites is 1. The SMILES string of the molecule is N#CCN(C(=O)Cn1cnc(-c2cccc([N+](=O)[O-])c2)n1)c1ccccc1. The first-order chi connectivity index (χ1) is 13.1. The maximum absolute atomic E-state index is 12.6. The number of carbonyl (C=O) groups is 1. The molecular formula is C18H14N6O3. The van der Waals surface area contributed by atoms with Crippen LogP contribution in [0, 0.1) is 21.4 Å². The van der Waals surface area contributed by atoms with Crippen LogP contribution in [-0.4, -0.2) is 32.1 Å². The van der Waals surface area contributed by atoms with Crippen LogP contribution in [-0.2, 0) is 11.3 Å². The topological polar surface area (TPSA) is 118 Å². The molecule has 0 unspecified atom stereocenters. The van der Waals surface area contributed by atoms with Crippen molar-refractivity contribution < 1.29 is 9.72 Å². The quantitative estimate of drug-likeness (QED) is 0.377. The van der Waals surface area contributed by atoms with Gasteiger partial charge in [0.2, 0.25) is 5.91 Å². The number of nitro groups is 1. The van der Waals surface area contributed by atoms with Crippen LogP contribution < -0.4 is 4.90 Å². The van der Waals surface area contributed by atoms with E-state index in [9.17, 15) is 14.9 Å². The van der Waals surface area contributed by atoms with E-state index in [1.54, 1.807) is 36.4 Å². The Kier molecular flexibility index (Phi) is 5.18. The summed E-state index contributed by atoms with van der Waals surface area (Å²) in [6.45, 7) is -0.201. The van der Waals surface area contributed by atoms with Crippen molar-refractivity contribution >= 4 is 17.3 Å². The van der Waals surface area contributed by atoms with Gasteiger partial charge in [0, 0.05) is 23.4 Å². The van der Waals surface area contributed by atoms with Gasteiger partial charge in [-0.1, -0.05) is 30.3 Å². The minimum Gasteiger partial charge on any atom is -0.297 e. The fraction of sp³-hybridized carbons (Fsp3) is 0.111. The third-order valence-electron chi connectivity index (χ3n) is 3.75. The molecule has 0 radical (unpaired) electrons. The van der Waals surface area contributed by atoms with E-state index in [0.29, 0.717) is 11.3 Å². The molecule has 1 aromatic heterocycles. The number of rotatable bonds is 6. The molecule has 0 atom stereocenters. The summed E-state index contributed by atoms with van der Waals surface area (Å²) in [5, 5.41) is 24.1. The summed E-state index contributed by atoms with van der Waals surface area (Å²) in [5.41, 5.74) is 1.03. The van der Waals surface area contributed by atoms with Crippen molar-refractivity contribution in [3.8, 4) is 17.5 Å². The highest BCUT2D eigenvalue weighted by molar-refractivity contribution is 5.93. The first-order valence-electron chi connectivity index (χ1n) is 7.95. The minimum atomic E-state index is -0.496. The van der Waals surface area contributed by atoms with Crippen molar-refractivity contribution in [1.82, 2.24) is 14.8 Å². The van der Waals surface area contributed by atoms with Crippen molar-refractivity contribution in [1.29, 1.82) is 5.26 Å². The van der Waals surface area contributed by atoms with Crippen LogP contribution in [0.2, 0.25) is 0 Å². The number of hydrogen-bond acceptors (Lipinski definition) is 6. The number of benzene rings is 2. The van der Waals surface area contributed by atoms with Gasteiger partial charge in [0.1, 0.15) is 19.4 Å². The van der Waals surface area contributed by atoms with Crippen LogP contribution >= 0.6 is 0 Å². The maximum atomic E-state index is 12.6. The Hall–Kier alpha value is -4.06. The lowest BCUT2D eigenvalue weighted by atomic mass is 10.2. The van der Waals surface area contributed by atoms with E-state index < -0.39 is 4.92 Å². The first-order valence-corrected chi connectivity index (χ1v) is 7.95. The molecule has 2 aromatic carbocycles. The molecule has 9 heteroatoms. The molecule has 1 amide bonds. The fourth-order valence-electron chi connectivity index (χ4n) is 2.49. The number of anilines is 1. The zero-order chi connectivity index (χ0) is 19.2. The Labute approximate surface area is 154 Å². The molecule has 134 valence electrons. The zero-order valence-electron chi connectivity index (χ0n) is 14.1. The van der Waals surface area contributed by atoms with Gasteiger partial charge in [-0.3, -0.25) is 19.8 Å². The molecule has 9 nitrogen and oxygen atoms in total. The van der Waals surface area contributed by atoms with Gasteiger partial charge in [0.25, 0.3) is 5.69 Å². The van der Waals surface area contributed by atoms with Gasteiger partial charge >= 0.3 is 0 Å². The third-order valence-corrected chi connectivity index (χ3v) is 3.75. The molecule has 0 saturated heterocycles. The molecule has 0 spiro atoms. The molecule has 27 heavy (non-hydrogen) atoms. The van der Waals surface area contributed by atoms with Crippen molar-refractivity contribution in [2.75, 3.05) is 11.4 Å². The van der Waals surface area contributed by atoms with Crippen LogP contribution in [0.4, 0.5) is 11.4 Å². The lowest BCUT2D eigenvalue weighted by molar-refractivity contribution is -0.384. The van der Waals surface area contributed by atoms with Crippen LogP contribution in [0.15, 0.2) is 60.9 Å². The fourth-order valence-corrected chi connectivity index (χ4v) is 2.49. The van der Waals surface area contributed by atoms with Gasteiger partial charge in [-0.25, -0.2) is 9.67 Å². The number of nitrogens with zero attached hydrogens (tertiary/aromatic N) is 6. The van der Waals surface area contributed by atoms with Crippen LogP contribution in [0.1, 0.15) is 0 Å². The monoisotopic (exact) mass is 362 g/mol. The van der Waals surface area contributed by atoms with E-state index in [0.717, 1.165) is 0 Å². The predicted molar refractivity (Wildman–Crippen MR) is 96.5 cm³/mol. The Balaban J connectivity index is 1.79. The average Bonchev–Trinajstić information content (AvgIpc) is 3.15. The summed E-state index contributed by atoms with van der Waals surface area (Å²) in [6.07, 6.45) is 1.38. The number of nitro benzene ring substituents is 1. The van der Waals surface area contributed by atoms with Crippen LogP contribution in [0.25, 0.3) is 11.4 Å². The molecular weight excluding hydrogens is 348 g/mol.